The van der Waals surface area contributed by atoms with Crippen molar-refractivity contribution in [1.82, 2.24) is 19.6 Å². The SMILES string of the molecule is CNS(=O)(=O)c1cc(NC(=O)CSc2nnc(-c3cccs3)n2N)ccc1C. The number of thioether (sulfide) groups is 1. The van der Waals surface area contributed by atoms with E-state index in [9.17, 15) is 13.2 Å². The van der Waals surface area contributed by atoms with Gasteiger partial charge in [0.15, 0.2) is 5.82 Å². The van der Waals surface area contributed by atoms with Gasteiger partial charge in [0.05, 0.1) is 15.5 Å². The predicted octanol–water partition coefficient (Wildman–Crippen LogP) is 1.67. The number of rotatable bonds is 7. The molecular formula is C16H18N6O3S3. The Labute approximate surface area is 170 Å². The summed E-state index contributed by atoms with van der Waals surface area (Å²) in [5, 5.41) is 13.1. The van der Waals surface area contributed by atoms with Crippen molar-refractivity contribution in [2.75, 3.05) is 24.0 Å². The summed E-state index contributed by atoms with van der Waals surface area (Å²) in [6, 6.07) is 8.47. The first-order valence-electron chi connectivity index (χ1n) is 8.03. The van der Waals surface area contributed by atoms with Crippen LogP contribution in [0, 0.1) is 6.92 Å². The van der Waals surface area contributed by atoms with Crippen molar-refractivity contribution in [3.8, 4) is 10.7 Å². The molecule has 4 N–H and O–H groups in total. The predicted molar refractivity (Wildman–Crippen MR) is 110 cm³/mol. The molecule has 0 spiro atoms. The number of nitrogens with two attached hydrogens (primary N) is 1. The summed E-state index contributed by atoms with van der Waals surface area (Å²) in [5.74, 6) is 6.26. The molecule has 1 amide bonds. The highest BCUT2D eigenvalue weighted by Gasteiger charge is 2.17. The number of amides is 1. The minimum Gasteiger partial charge on any atom is -0.335 e. The number of sulfonamides is 1. The number of benzene rings is 1. The van der Waals surface area contributed by atoms with Gasteiger partial charge in [0, 0.05) is 5.69 Å². The largest absolute Gasteiger partial charge is 0.335 e. The minimum atomic E-state index is -3.61. The summed E-state index contributed by atoms with van der Waals surface area (Å²) >= 11 is 2.63. The minimum absolute atomic E-state index is 0.0434. The molecule has 0 aliphatic heterocycles. The number of hydrogen-bond acceptors (Lipinski definition) is 8. The molecule has 148 valence electrons. The zero-order chi connectivity index (χ0) is 20.3. The number of hydrogen-bond donors (Lipinski definition) is 3. The van der Waals surface area contributed by atoms with Crippen molar-refractivity contribution < 1.29 is 13.2 Å². The molecule has 0 aliphatic rings. The van der Waals surface area contributed by atoms with Crippen molar-refractivity contribution in [3.63, 3.8) is 0 Å². The van der Waals surface area contributed by atoms with Crippen LogP contribution in [0.5, 0.6) is 0 Å². The lowest BCUT2D eigenvalue weighted by atomic mass is 10.2. The second kappa shape index (κ2) is 8.31. The number of carbonyl (C=O) groups excluding carboxylic acids is 1. The summed E-state index contributed by atoms with van der Waals surface area (Å²) in [6.45, 7) is 1.69. The monoisotopic (exact) mass is 438 g/mol. The Morgan fingerprint density at radius 2 is 2.11 bits per heavy atom. The Morgan fingerprint density at radius 1 is 1.32 bits per heavy atom. The van der Waals surface area contributed by atoms with Gasteiger partial charge in [0.2, 0.25) is 21.1 Å². The smallest absolute Gasteiger partial charge is 0.240 e. The van der Waals surface area contributed by atoms with Crippen LogP contribution in [0.25, 0.3) is 10.7 Å². The van der Waals surface area contributed by atoms with Gasteiger partial charge in [0.1, 0.15) is 0 Å². The molecule has 0 radical (unpaired) electrons. The van der Waals surface area contributed by atoms with Crippen molar-refractivity contribution in [2.45, 2.75) is 17.0 Å². The van der Waals surface area contributed by atoms with Gasteiger partial charge in [-0.25, -0.2) is 17.8 Å². The first-order valence-corrected chi connectivity index (χ1v) is 11.4. The molecule has 2 heterocycles. The number of thiophene rings is 1. The van der Waals surface area contributed by atoms with Gasteiger partial charge in [-0.15, -0.1) is 21.5 Å². The fraction of sp³-hybridized carbons (Fsp3) is 0.188. The molecule has 0 bridgehead atoms. The maximum Gasteiger partial charge on any atom is 0.240 e. The Hall–Kier alpha value is -2.41. The highest BCUT2D eigenvalue weighted by molar-refractivity contribution is 7.99. The molecule has 0 fully saturated rings. The third-order valence-electron chi connectivity index (χ3n) is 3.77. The van der Waals surface area contributed by atoms with Gasteiger partial charge >= 0.3 is 0 Å². The molecule has 9 nitrogen and oxygen atoms in total. The van der Waals surface area contributed by atoms with E-state index in [1.807, 2.05) is 17.5 Å². The second-order valence-corrected chi connectivity index (χ2v) is 9.42. The van der Waals surface area contributed by atoms with Crippen LogP contribution in [0.15, 0.2) is 45.8 Å². The Kier molecular flexibility index (Phi) is 6.03. The van der Waals surface area contributed by atoms with E-state index in [0.29, 0.717) is 22.2 Å². The van der Waals surface area contributed by atoms with Gasteiger partial charge in [0.25, 0.3) is 0 Å². The molecule has 2 aromatic heterocycles. The lowest BCUT2D eigenvalue weighted by molar-refractivity contribution is -0.113. The van der Waals surface area contributed by atoms with Crippen molar-refractivity contribution >= 4 is 44.7 Å². The Bertz CT molecular complexity index is 1090. The highest BCUT2D eigenvalue weighted by Crippen LogP contribution is 2.25. The molecule has 0 atom stereocenters. The summed E-state index contributed by atoms with van der Waals surface area (Å²) < 4.78 is 27.7. The maximum absolute atomic E-state index is 12.3. The van der Waals surface area contributed by atoms with Crippen LogP contribution in [0.4, 0.5) is 5.69 Å². The van der Waals surface area contributed by atoms with Crippen molar-refractivity contribution in [2.24, 2.45) is 0 Å². The van der Waals surface area contributed by atoms with Crippen LogP contribution in [0.1, 0.15) is 5.56 Å². The number of carbonyl (C=O) groups is 1. The van der Waals surface area contributed by atoms with E-state index in [1.54, 1.807) is 19.1 Å². The zero-order valence-corrected chi connectivity index (χ0v) is 17.5. The van der Waals surface area contributed by atoms with E-state index < -0.39 is 10.0 Å². The summed E-state index contributed by atoms with van der Waals surface area (Å²) in [6.07, 6.45) is 0. The maximum atomic E-state index is 12.3. The summed E-state index contributed by atoms with van der Waals surface area (Å²) in [7, 11) is -2.27. The third-order valence-corrected chi connectivity index (χ3v) is 7.13. The van der Waals surface area contributed by atoms with Gasteiger partial charge in [-0.1, -0.05) is 23.9 Å². The van der Waals surface area contributed by atoms with Crippen molar-refractivity contribution in [1.29, 1.82) is 0 Å². The number of nitrogens with one attached hydrogen (secondary N) is 2. The Morgan fingerprint density at radius 3 is 2.79 bits per heavy atom. The number of aromatic nitrogens is 3. The van der Waals surface area contributed by atoms with Gasteiger partial charge < -0.3 is 11.2 Å². The fourth-order valence-corrected chi connectivity index (χ4v) is 4.71. The molecule has 0 unspecified atom stereocenters. The van der Waals surface area contributed by atoms with E-state index in [4.69, 9.17) is 5.84 Å². The number of nitrogen functional groups attached to an aromatic ring is 1. The van der Waals surface area contributed by atoms with Crippen LogP contribution in [-0.4, -0.2) is 42.0 Å². The number of anilines is 1. The van der Waals surface area contributed by atoms with Crippen molar-refractivity contribution in [3.05, 3.63) is 41.3 Å². The van der Waals surface area contributed by atoms with Crippen LogP contribution >= 0.6 is 23.1 Å². The van der Waals surface area contributed by atoms with E-state index >= 15 is 0 Å². The first-order chi connectivity index (χ1) is 13.3. The molecule has 3 aromatic rings. The molecule has 12 heteroatoms. The van der Waals surface area contributed by atoms with Gasteiger partial charge in [-0.2, -0.15) is 0 Å². The number of nitrogens with zero attached hydrogens (tertiary/aromatic N) is 3. The zero-order valence-electron chi connectivity index (χ0n) is 15.0. The average molecular weight is 439 g/mol. The average Bonchev–Trinajstić information content (AvgIpc) is 3.31. The van der Waals surface area contributed by atoms with E-state index in [1.165, 1.54) is 29.1 Å². The van der Waals surface area contributed by atoms with Crippen LogP contribution in [0.3, 0.4) is 0 Å². The third kappa shape index (κ3) is 4.35. The normalized spacial score (nSPS) is 11.5. The molecule has 0 aliphatic carbocycles. The van der Waals surface area contributed by atoms with E-state index in [-0.39, 0.29) is 16.6 Å². The molecular weight excluding hydrogens is 420 g/mol. The van der Waals surface area contributed by atoms with Gasteiger partial charge in [-0.3, -0.25) is 4.79 Å². The van der Waals surface area contributed by atoms with Gasteiger partial charge in [-0.05, 0) is 43.1 Å². The summed E-state index contributed by atoms with van der Waals surface area (Å²) in [4.78, 5) is 13.2. The number of aryl methyl sites for hydroxylation is 1. The van der Waals surface area contributed by atoms with Crippen LogP contribution < -0.4 is 15.9 Å². The van der Waals surface area contributed by atoms with E-state index in [2.05, 4.69) is 20.2 Å². The molecule has 3 rings (SSSR count). The lowest BCUT2D eigenvalue weighted by Gasteiger charge is -2.10. The fourth-order valence-electron chi connectivity index (χ4n) is 2.35. The lowest BCUT2D eigenvalue weighted by Crippen LogP contribution is -2.20. The highest BCUT2D eigenvalue weighted by atomic mass is 32.2. The molecule has 28 heavy (non-hydrogen) atoms. The summed E-state index contributed by atoms with van der Waals surface area (Å²) in [5.41, 5.74) is 0.970. The Balaban J connectivity index is 1.67. The van der Waals surface area contributed by atoms with Crippen LogP contribution in [0.2, 0.25) is 0 Å². The quantitative estimate of drug-likeness (QED) is 0.377. The molecule has 0 saturated heterocycles. The molecule has 1 aromatic carbocycles. The topological polar surface area (TPSA) is 132 Å². The second-order valence-electron chi connectivity index (χ2n) is 5.68. The standard InChI is InChI=1S/C16H18N6O3S3/c1-10-5-6-11(8-13(10)28(24,25)18-2)19-14(23)9-27-16-21-20-15(22(16)17)12-4-3-7-26-12/h3-8,18H,9,17H2,1-2H3,(H,19,23). The molecule has 0 saturated carbocycles. The van der Waals surface area contributed by atoms with Crippen LogP contribution in [-0.2, 0) is 14.8 Å². The van der Waals surface area contributed by atoms with E-state index in [0.717, 1.165) is 16.6 Å². The first kappa shape index (κ1) is 20.3.